The maximum atomic E-state index is 12.4. The topological polar surface area (TPSA) is 69.4 Å². The maximum Gasteiger partial charge on any atom is 0.297 e. The van der Waals surface area contributed by atoms with E-state index >= 15 is 0 Å². The summed E-state index contributed by atoms with van der Waals surface area (Å²) in [6, 6.07) is 14.6. The molecule has 0 N–H and O–H groups in total. The molecule has 3 rings (SSSR count). The van der Waals surface area contributed by atoms with E-state index < -0.39 is 10.1 Å². The van der Waals surface area contributed by atoms with E-state index in [1.807, 2.05) is 37.3 Å². The zero-order valence-electron chi connectivity index (χ0n) is 14.3. The van der Waals surface area contributed by atoms with Crippen molar-refractivity contribution in [1.82, 2.24) is 4.98 Å². The van der Waals surface area contributed by atoms with Gasteiger partial charge in [0.25, 0.3) is 10.1 Å². The van der Waals surface area contributed by atoms with Gasteiger partial charge in [0.2, 0.25) is 5.89 Å². The predicted molar refractivity (Wildman–Crippen MR) is 95.7 cm³/mol. The summed E-state index contributed by atoms with van der Waals surface area (Å²) in [5, 5.41) is 0. The van der Waals surface area contributed by atoms with Crippen LogP contribution in [0.4, 0.5) is 0 Å². The molecule has 1 aromatic heterocycles. The molecule has 0 unspecified atom stereocenters. The first kappa shape index (κ1) is 17.4. The Morgan fingerprint density at radius 3 is 2.48 bits per heavy atom. The van der Waals surface area contributed by atoms with Gasteiger partial charge in [-0.2, -0.15) is 8.42 Å². The van der Waals surface area contributed by atoms with Gasteiger partial charge in [0.15, 0.2) is 0 Å². The molecular weight excluding hydrogens is 338 g/mol. The second-order valence-electron chi connectivity index (χ2n) is 5.65. The molecule has 25 heavy (non-hydrogen) atoms. The minimum Gasteiger partial charge on any atom is -0.441 e. The molecule has 0 saturated heterocycles. The van der Waals surface area contributed by atoms with Gasteiger partial charge in [-0.15, -0.1) is 0 Å². The van der Waals surface area contributed by atoms with Crippen LogP contribution in [0.5, 0.6) is 0 Å². The Bertz CT molecular complexity index is 992. The number of hydrogen-bond donors (Lipinski definition) is 0. The first-order valence-electron chi connectivity index (χ1n) is 7.95. The lowest BCUT2D eigenvalue weighted by atomic mass is 10.1. The molecule has 0 atom stereocenters. The standard InChI is InChI=1S/C19H19NO4S/c1-4-23-25(21,22)17-11-10-13(2)12-16(17)18-14(3)24-19(20-18)15-8-6-5-7-9-15/h5-12H,4H2,1-3H3. The number of rotatable bonds is 5. The highest BCUT2D eigenvalue weighted by Crippen LogP contribution is 2.33. The molecular formula is C19H19NO4S. The minimum absolute atomic E-state index is 0.0721. The summed E-state index contributed by atoms with van der Waals surface area (Å²) in [5.41, 5.74) is 2.74. The molecule has 0 aliphatic heterocycles. The van der Waals surface area contributed by atoms with Gasteiger partial charge in [0, 0.05) is 11.1 Å². The predicted octanol–water partition coefficient (Wildman–Crippen LogP) is 4.35. The van der Waals surface area contributed by atoms with Crippen LogP contribution in [0.2, 0.25) is 0 Å². The zero-order chi connectivity index (χ0) is 18.0. The monoisotopic (exact) mass is 357 g/mol. The van der Waals surface area contributed by atoms with E-state index in [1.165, 1.54) is 0 Å². The van der Waals surface area contributed by atoms with E-state index in [2.05, 4.69) is 4.98 Å². The third-order valence-electron chi connectivity index (χ3n) is 3.75. The second kappa shape index (κ2) is 6.82. The summed E-state index contributed by atoms with van der Waals surface area (Å²) in [5.74, 6) is 1.01. The van der Waals surface area contributed by atoms with Gasteiger partial charge >= 0.3 is 0 Å². The van der Waals surface area contributed by atoms with E-state index in [1.54, 1.807) is 32.0 Å². The van der Waals surface area contributed by atoms with Crippen LogP contribution in [0.1, 0.15) is 18.2 Å². The molecule has 0 fully saturated rings. The maximum absolute atomic E-state index is 12.4. The highest BCUT2D eigenvalue weighted by atomic mass is 32.2. The lowest BCUT2D eigenvalue weighted by molar-refractivity contribution is 0.338. The van der Waals surface area contributed by atoms with E-state index in [-0.39, 0.29) is 11.5 Å². The zero-order valence-corrected chi connectivity index (χ0v) is 15.1. The molecule has 0 saturated carbocycles. The third kappa shape index (κ3) is 3.50. The Hall–Kier alpha value is -2.44. The Morgan fingerprint density at radius 2 is 1.80 bits per heavy atom. The van der Waals surface area contributed by atoms with Crippen molar-refractivity contribution in [3.05, 3.63) is 59.9 Å². The number of benzene rings is 2. The lowest BCUT2D eigenvalue weighted by Crippen LogP contribution is -2.08. The number of aryl methyl sites for hydroxylation is 2. The smallest absolute Gasteiger partial charge is 0.297 e. The minimum atomic E-state index is -3.86. The number of aromatic nitrogens is 1. The first-order valence-corrected chi connectivity index (χ1v) is 9.36. The normalized spacial score (nSPS) is 11.6. The van der Waals surface area contributed by atoms with Crippen molar-refractivity contribution in [3.8, 4) is 22.7 Å². The van der Waals surface area contributed by atoms with Crippen LogP contribution in [-0.4, -0.2) is 20.0 Å². The molecule has 0 aliphatic rings. The summed E-state index contributed by atoms with van der Waals surface area (Å²) in [7, 11) is -3.86. The van der Waals surface area contributed by atoms with Gasteiger partial charge in [0.1, 0.15) is 16.3 Å². The summed E-state index contributed by atoms with van der Waals surface area (Å²) in [6.07, 6.45) is 0. The second-order valence-corrected chi connectivity index (χ2v) is 7.23. The molecule has 2 aromatic carbocycles. The largest absolute Gasteiger partial charge is 0.441 e. The fourth-order valence-electron chi connectivity index (χ4n) is 2.62. The van der Waals surface area contributed by atoms with Gasteiger partial charge < -0.3 is 4.42 Å². The molecule has 3 aromatic rings. The van der Waals surface area contributed by atoms with Crippen molar-refractivity contribution in [1.29, 1.82) is 0 Å². The van der Waals surface area contributed by atoms with Crippen LogP contribution in [0.15, 0.2) is 57.8 Å². The van der Waals surface area contributed by atoms with Crippen LogP contribution in [-0.2, 0) is 14.3 Å². The third-order valence-corrected chi connectivity index (χ3v) is 5.19. The Morgan fingerprint density at radius 1 is 1.08 bits per heavy atom. The molecule has 5 nitrogen and oxygen atoms in total. The first-order chi connectivity index (χ1) is 11.9. The van der Waals surface area contributed by atoms with Crippen LogP contribution >= 0.6 is 0 Å². The summed E-state index contributed by atoms with van der Waals surface area (Å²) < 4.78 is 35.6. The molecule has 6 heteroatoms. The lowest BCUT2D eigenvalue weighted by Gasteiger charge is -2.09. The van der Waals surface area contributed by atoms with E-state index in [0.29, 0.717) is 22.9 Å². The molecule has 130 valence electrons. The fourth-order valence-corrected chi connectivity index (χ4v) is 3.71. The van der Waals surface area contributed by atoms with Crippen LogP contribution in [0.3, 0.4) is 0 Å². The number of oxazole rings is 1. The van der Waals surface area contributed by atoms with Crippen LogP contribution < -0.4 is 0 Å². The van der Waals surface area contributed by atoms with E-state index in [9.17, 15) is 8.42 Å². The number of hydrogen-bond acceptors (Lipinski definition) is 5. The van der Waals surface area contributed by atoms with Gasteiger partial charge in [-0.3, -0.25) is 4.18 Å². The van der Waals surface area contributed by atoms with Gasteiger partial charge in [-0.05, 0) is 45.0 Å². The molecule has 1 heterocycles. The fraction of sp³-hybridized carbons (Fsp3) is 0.211. The average molecular weight is 357 g/mol. The Labute approximate surface area is 147 Å². The van der Waals surface area contributed by atoms with Gasteiger partial charge in [0.05, 0.1) is 6.61 Å². The van der Waals surface area contributed by atoms with Gasteiger partial charge in [-0.25, -0.2) is 4.98 Å². The summed E-state index contributed by atoms with van der Waals surface area (Å²) in [6.45, 7) is 5.38. The van der Waals surface area contributed by atoms with Gasteiger partial charge in [-0.1, -0.05) is 29.8 Å². The molecule has 0 spiro atoms. The van der Waals surface area contributed by atoms with Crippen molar-refractivity contribution in [2.24, 2.45) is 0 Å². The molecule has 0 amide bonds. The van der Waals surface area contributed by atoms with Crippen molar-refractivity contribution < 1.29 is 17.0 Å². The summed E-state index contributed by atoms with van der Waals surface area (Å²) >= 11 is 0. The van der Waals surface area contributed by atoms with Crippen LogP contribution in [0, 0.1) is 13.8 Å². The number of nitrogens with zero attached hydrogens (tertiary/aromatic N) is 1. The van der Waals surface area contributed by atoms with E-state index in [0.717, 1.165) is 11.1 Å². The molecule has 0 aliphatic carbocycles. The van der Waals surface area contributed by atoms with E-state index in [4.69, 9.17) is 8.60 Å². The van der Waals surface area contributed by atoms with Crippen molar-refractivity contribution in [2.45, 2.75) is 25.7 Å². The Kier molecular flexibility index (Phi) is 4.74. The highest BCUT2D eigenvalue weighted by Gasteiger charge is 2.24. The van der Waals surface area contributed by atoms with Crippen molar-refractivity contribution >= 4 is 10.1 Å². The molecule has 0 radical (unpaired) electrons. The summed E-state index contributed by atoms with van der Waals surface area (Å²) in [4.78, 5) is 4.63. The van der Waals surface area contributed by atoms with Crippen molar-refractivity contribution in [2.75, 3.05) is 6.61 Å². The molecule has 0 bridgehead atoms. The highest BCUT2D eigenvalue weighted by molar-refractivity contribution is 7.87. The quantitative estimate of drug-likeness (QED) is 0.635. The Balaban J connectivity index is 2.17. The SMILES string of the molecule is CCOS(=O)(=O)c1ccc(C)cc1-c1nc(-c2ccccc2)oc1C. The van der Waals surface area contributed by atoms with Crippen molar-refractivity contribution in [3.63, 3.8) is 0 Å². The average Bonchev–Trinajstić information content (AvgIpc) is 2.97. The van der Waals surface area contributed by atoms with Crippen LogP contribution in [0.25, 0.3) is 22.7 Å².